The van der Waals surface area contributed by atoms with Crippen LogP contribution >= 0.6 is 11.6 Å². The van der Waals surface area contributed by atoms with Crippen LogP contribution in [0.15, 0.2) is 46.9 Å². The number of benzene rings is 2. The predicted octanol–water partition coefficient (Wildman–Crippen LogP) is 4.71. The molecular formula is C19H15ClF3N3O3. The number of aromatic nitrogens is 1. The van der Waals surface area contributed by atoms with Crippen molar-refractivity contribution in [1.29, 1.82) is 0 Å². The van der Waals surface area contributed by atoms with Gasteiger partial charge >= 0.3 is 6.36 Å². The van der Waals surface area contributed by atoms with Gasteiger partial charge in [-0.25, -0.2) is 0 Å². The van der Waals surface area contributed by atoms with Crippen LogP contribution in [0.1, 0.15) is 16.8 Å². The number of carbonyl (C=O) groups is 1. The summed E-state index contributed by atoms with van der Waals surface area (Å²) in [6, 6.07) is 10.5. The topological polar surface area (TPSA) is 67.6 Å². The second-order valence-corrected chi connectivity index (χ2v) is 6.99. The second-order valence-electron chi connectivity index (χ2n) is 6.56. The normalized spacial score (nSPS) is 17.0. The minimum absolute atomic E-state index is 0.137. The number of halogens is 4. The molecule has 0 aliphatic carbocycles. The Hall–Kier alpha value is -2.94. The molecule has 0 bridgehead atoms. The van der Waals surface area contributed by atoms with E-state index in [-0.39, 0.29) is 11.6 Å². The number of alkyl halides is 3. The maximum absolute atomic E-state index is 12.7. The van der Waals surface area contributed by atoms with Gasteiger partial charge in [0.1, 0.15) is 11.3 Å². The maximum Gasteiger partial charge on any atom is 0.573 e. The van der Waals surface area contributed by atoms with E-state index in [9.17, 15) is 18.0 Å². The summed E-state index contributed by atoms with van der Waals surface area (Å²) >= 11 is 5.93. The first-order valence-electron chi connectivity index (χ1n) is 8.75. The maximum atomic E-state index is 12.7. The Balaban J connectivity index is 1.45. The van der Waals surface area contributed by atoms with Gasteiger partial charge in [-0.2, -0.15) is 4.98 Å². The number of nitrogens with one attached hydrogen (secondary N) is 1. The first-order chi connectivity index (χ1) is 13.8. The molecule has 2 aromatic carbocycles. The van der Waals surface area contributed by atoms with E-state index in [1.165, 1.54) is 23.1 Å². The minimum atomic E-state index is -4.87. The number of anilines is 1. The Morgan fingerprint density at radius 2 is 2.07 bits per heavy atom. The molecule has 2 heterocycles. The van der Waals surface area contributed by atoms with Crippen molar-refractivity contribution in [2.45, 2.75) is 18.8 Å². The molecule has 1 atom stereocenters. The second kappa shape index (κ2) is 7.47. The molecule has 1 N–H and O–H groups in total. The third kappa shape index (κ3) is 4.40. The number of nitrogens with zero attached hydrogens (tertiary/aromatic N) is 2. The van der Waals surface area contributed by atoms with Gasteiger partial charge in [0, 0.05) is 30.2 Å². The molecule has 1 aliphatic heterocycles. The Kier molecular flexibility index (Phi) is 4.99. The molecule has 152 valence electrons. The fraction of sp³-hybridized carbons (Fsp3) is 0.263. The van der Waals surface area contributed by atoms with Gasteiger partial charge in [0.15, 0.2) is 5.58 Å². The van der Waals surface area contributed by atoms with E-state index in [1.807, 2.05) is 0 Å². The van der Waals surface area contributed by atoms with Crippen molar-refractivity contribution in [2.75, 3.05) is 18.4 Å². The fourth-order valence-corrected chi connectivity index (χ4v) is 3.39. The highest BCUT2D eigenvalue weighted by atomic mass is 35.5. The predicted molar refractivity (Wildman–Crippen MR) is 100 cm³/mol. The summed E-state index contributed by atoms with van der Waals surface area (Å²) in [7, 11) is 0. The van der Waals surface area contributed by atoms with Gasteiger partial charge < -0.3 is 19.4 Å². The number of hydrogen-bond donors (Lipinski definition) is 1. The third-order valence-electron chi connectivity index (χ3n) is 4.50. The molecule has 10 heteroatoms. The van der Waals surface area contributed by atoms with Crippen LogP contribution in [0.3, 0.4) is 0 Å². The number of hydrogen-bond acceptors (Lipinski definition) is 5. The molecule has 6 nitrogen and oxygen atoms in total. The monoisotopic (exact) mass is 425 g/mol. The van der Waals surface area contributed by atoms with Crippen LogP contribution < -0.4 is 10.1 Å². The van der Waals surface area contributed by atoms with Crippen LogP contribution in [0.4, 0.5) is 19.2 Å². The molecule has 1 unspecified atom stereocenters. The number of ether oxygens (including phenoxy) is 1. The summed E-state index contributed by atoms with van der Waals surface area (Å²) < 4.78 is 47.4. The highest BCUT2D eigenvalue weighted by molar-refractivity contribution is 6.31. The van der Waals surface area contributed by atoms with Crippen LogP contribution in [-0.4, -0.2) is 41.3 Å². The van der Waals surface area contributed by atoms with E-state index >= 15 is 0 Å². The number of oxazole rings is 1. The number of rotatable bonds is 4. The first-order valence-corrected chi connectivity index (χ1v) is 9.13. The smallest absolute Gasteiger partial charge is 0.423 e. The lowest BCUT2D eigenvalue weighted by Crippen LogP contribution is -2.32. The molecule has 1 saturated heterocycles. The van der Waals surface area contributed by atoms with E-state index in [1.54, 1.807) is 18.2 Å². The number of fused-ring (bicyclic) bond motifs is 1. The van der Waals surface area contributed by atoms with Crippen molar-refractivity contribution < 1.29 is 27.1 Å². The van der Waals surface area contributed by atoms with Gasteiger partial charge in [-0.05, 0) is 30.7 Å². The van der Waals surface area contributed by atoms with Crippen LogP contribution in [0, 0.1) is 0 Å². The summed E-state index contributed by atoms with van der Waals surface area (Å²) in [6.07, 6.45) is -4.28. The summed E-state index contributed by atoms with van der Waals surface area (Å²) in [5.74, 6) is -1.05. The lowest BCUT2D eigenvalue weighted by molar-refractivity contribution is -0.274. The minimum Gasteiger partial charge on any atom is -0.423 e. The molecular weight excluding hydrogens is 411 g/mol. The van der Waals surface area contributed by atoms with Crippen molar-refractivity contribution in [3.63, 3.8) is 0 Å². The molecule has 0 radical (unpaired) electrons. The number of para-hydroxylation sites is 1. The summed E-state index contributed by atoms with van der Waals surface area (Å²) in [6.45, 7) is 0.668. The van der Waals surface area contributed by atoms with Gasteiger partial charge in [0.2, 0.25) is 0 Å². The molecule has 1 amide bonds. The summed E-state index contributed by atoms with van der Waals surface area (Å²) in [5.41, 5.74) is 1.03. The van der Waals surface area contributed by atoms with Crippen molar-refractivity contribution in [3.05, 3.63) is 53.1 Å². The molecule has 29 heavy (non-hydrogen) atoms. The lowest BCUT2D eigenvalue weighted by Gasteiger charge is -2.19. The quantitative estimate of drug-likeness (QED) is 0.656. The number of carbonyl (C=O) groups excluding carboxylic acids is 1. The van der Waals surface area contributed by atoms with E-state index in [2.05, 4.69) is 15.0 Å². The van der Waals surface area contributed by atoms with E-state index < -0.39 is 18.0 Å². The van der Waals surface area contributed by atoms with Crippen LogP contribution in [0.25, 0.3) is 11.1 Å². The molecule has 1 aliphatic rings. The highest BCUT2D eigenvalue weighted by Crippen LogP contribution is 2.29. The summed E-state index contributed by atoms with van der Waals surface area (Å²) in [4.78, 5) is 18.5. The van der Waals surface area contributed by atoms with E-state index in [4.69, 9.17) is 16.0 Å². The average Bonchev–Trinajstić information content (AvgIpc) is 3.26. The lowest BCUT2D eigenvalue weighted by atomic mass is 10.2. The zero-order chi connectivity index (χ0) is 20.6. The van der Waals surface area contributed by atoms with Crippen LogP contribution in [0.2, 0.25) is 5.02 Å². The Morgan fingerprint density at radius 3 is 2.86 bits per heavy atom. The molecule has 1 fully saturated rings. The van der Waals surface area contributed by atoms with Gasteiger partial charge in [0.25, 0.3) is 11.9 Å². The van der Waals surface area contributed by atoms with Crippen LogP contribution in [-0.2, 0) is 0 Å². The first kappa shape index (κ1) is 19.4. The van der Waals surface area contributed by atoms with Gasteiger partial charge in [0.05, 0.1) is 5.56 Å². The largest absolute Gasteiger partial charge is 0.573 e. The molecule has 4 rings (SSSR count). The van der Waals surface area contributed by atoms with Crippen LogP contribution in [0.5, 0.6) is 5.75 Å². The Bertz CT molecular complexity index is 1050. The Labute approximate surface area is 168 Å². The molecule has 0 spiro atoms. The molecule has 1 aromatic heterocycles. The zero-order valence-corrected chi connectivity index (χ0v) is 15.6. The SMILES string of the molecule is O=C(c1ccccc1OC(F)(F)F)N1CCC(Nc2nc3ccc(Cl)cc3o2)C1. The molecule has 0 saturated carbocycles. The number of amides is 1. The van der Waals surface area contributed by atoms with Gasteiger partial charge in [-0.3, -0.25) is 4.79 Å². The third-order valence-corrected chi connectivity index (χ3v) is 4.73. The van der Waals surface area contributed by atoms with Crippen molar-refractivity contribution in [2.24, 2.45) is 0 Å². The van der Waals surface area contributed by atoms with E-state index in [0.29, 0.717) is 41.6 Å². The standard InChI is InChI=1S/C19H15ClF3N3O3/c20-11-5-6-14-16(9-11)28-18(25-14)24-12-7-8-26(10-12)17(27)13-3-1-2-4-15(13)29-19(21,22)23/h1-6,9,12H,7-8,10H2,(H,24,25). The zero-order valence-electron chi connectivity index (χ0n) is 14.9. The van der Waals surface area contributed by atoms with Crippen molar-refractivity contribution in [1.82, 2.24) is 9.88 Å². The Morgan fingerprint density at radius 1 is 1.28 bits per heavy atom. The van der Waals surface area contributed by atoms with Gasteiger partial charge in [-0.1, -0.05) is 23.7 Å². The van der Waals surface area contributed by atoms with Crippen molar-refractivity contribution >= 4 is 34.6 Å². The average molecular weight is 426 g/mol. The number of likely N-dealkylation sites (tertiary alicyclic amines) is 1. The summed E-state index contributed by atoms with van der Waals surface area (Å²) in [5, 5.41) is 3.64. The van der Waals surface area contributed by atoms with E-state index in [0.717, 1.165) is 6.07 Å². The highest BCUT2D eigenvalue weighted by Gasteiger charge is 2.34. The van der Waals surface area contributed by atoms with Crippen molar-refractivity contribution in [3.8, 4) is 5.75 Å². The fourth-order valence-electron chi connectivity index (χ4n) is 3.22. The van der Waals surface area contributed by atoms with Gasteiger partial charge in [-0.15, -0.1) is 13.2 Å². The molecule has 3 aromatic rings.